The molecular formula is C12H9FN2OS. The second-order valence-electron chi connectivity index (χ2n) is 3.26. The predicted octanol–water partition coefficient (Wildman–Crippen LogP) is 2.65. The van der Waals surface area contributed by atoms with Crippen molar-refractivity contribution in [1.82, 2.24) is 5.43 Å². The van der Waals surface area contributed by atoms with Crippen LogP contribution in [0.2, 0.25) is 0 Å². The Bertz CT molecular complexity index is 520. The number of rotatable bonds is 3. The highest BCUT2D eigenvalue weighted by Crippen LogP contribution is 2.03. The number of hydrogen-bond acceptors (Lipinski definition) is 3. The summed E-state index contributed by atoms with van der Waals surface area (Å²) in [6, 6.07) is 7.17. The van der Waals surface area contributed by atoms with Gasteiger partial charge >= 0.3 is 0 Å². The zero-order valence-electron chi connectivity index (χ0n) is 8.76. The molecule has 1 amide bonds. The van der Waals surface area contributed by atoms with Crippen molar-refractivity contribution in [3.05, 3.63) is 58.0 Å². The van der Waals surface area contributed by atoms with Crippen LogP contribution in [0.3, 0.4) is 0 Å². The van der Waals surface area contributed by atoms with Crippen molar-refractivity contribution >= 4 is 23.5 Å². The quantitative estimate of drug-likeness (QED) is 0.658. The second kappa shape index (κ2) is 5.36. The molecule has 3 nitrogen and oxygen atoms in total. The highest BCUT2D eigenvalue weighted by Gasteiger charge is 2.03. The van der Waals surface area contributed by atoms with Crippen LogP contribution in [0.15, 0.2) is 46.2 Å². The van der Waals surface area contributed by atoms with Crippen LogP contribution in [-0.4, -0.2) is 12.1 Å². The lowest BCUT2D eigenvalue weighted by Crippen LogP contribution is -2.17. The molecule has 0 aliphatic carbocycles. The standard InChI is InChI=1S/C12H9FN2OS/c13-11-3-1-10(2-4-11)12(16)15-14-7-9-5-6-17-8-9/h1-8H,(H,15,16)/b14-7+. The lowest BCUT2D eigenvalue weighted by atomic mass is 10.2. The van der Waals surface area contributed by atoms with Gasteiger partial charge in [0.05, 0.1) is 6.21 Å². The zero-order chi connectivity index (χ0) is 12.1. The van der Waals surface area contributed by atoms with E-state index in [1.54, 1.807) is 17.6 Å². The van der Waals surface area contributed by atoms with E-state index in [2.05, 4.69) is 10.5 Å². The maximum atomic E-state index is 12.6. The number of carbonyl (C=O) groups is 1. The van der Waals surface area contributed by atoms with Crippen molar-refractivity contribution < 1.29 is 9.18 Å². The van der Waals surface area contributed by atoms with Crippen molar-refractivity contribution in [3.63, 3.8) is 0 Å². The third-order valence-corrected chi connectivity index (χ3v) is 2.73. The Labute approximate surface area is 102 Å². The van der Waals surface area contributed by atoms with Gasteiger partial charge in [0, 0.05) is 11.1 Å². The van der Waals surface area contributed by atoms with E-state index in [9.17, 15) is 9.18 Å². The molecule has 0 atom stereocenters. The number of hydrazone groups is 1. The van der Waals surface area contributed by atoms with Crippen molar-refractivity contribution in [3.8, 4) is 0 Å². The van der Waals surface area contributed by atoms with Gasteiger partial charge in [0.1, 0.15) is 5.82 Å². The van der Waals surface area contributed by atoms with Gasteiger partial charge in [-0.25, -0.2) is 9.82 Å². The number of nitrogens with zero attached hydrogens (tertiary/aromatic N) is 1. The fourth-order valence-corrected chi connectivity index (χ4v) is 1.79. The van der Waals surface area contributed by atoms with E-state index in [-0.39, 0.29) is 11.7 Å². The first-order valence-corrected chi connectivity index (χ1v) is 5.81. The van der Waals surface area contributed by atoms with Gasteiger partial charge in [0.15, 0.2) is 0 Å². The fraction of sp³-hybridized carbons (Fsp3) is 0. The molecule has 17 heavy (non-hydrogen) atoms. The molecule has 2 rings (SSSR count). The van der Waals surface area contributed by atoms with Crippen molar-refractivity contribution in [2.75, 3.05) is 0 Å². The van der Waals surface area contributed by atoms with Crippen molar-refractivity contribution in [2.24, 2.45) is 5.10 Å². The Morgan fingerprint density at radius 1 is 1.29 bits per heavy atom. The number of carbonyl (C=O) groups excluding carboxylic acids is 1. The van der Waals surface area contributed by atoms with Crippen LogP contribution in [0.1, 0.15) is 15.9 Å². The fourth-order valence-electron chi connectivity index (χ4n) is 1.18. The molecule has 0 aliphatic rings. The summed E-state index contributed by atoms with van der Waals surface area (Å²) >= 11 is 1.55. The van der Waals surface area contributed by atoms with Gasteiger partial charge in [-0.3, -0.25) is 4.79 Å². The first-order chi connectivity index (χ1) is 8.25. The lowest BCUT2D eigenvalue weighted by Gasteiger charge is -1.98. The summed E-state index contributed by atoms with van der Waals surface area (Å²) in [5.41, 5.74) is 3.66. The van der Waals surface area contributed by atoms with Crippen LogP contribution < -0.4 is 5.43 Å². The van der Waals surface area contributed by atoms with E-state index in [1.165, 1.54) is 24.3 Å². The Morgan fingerprint density at radius 3 is 2.71 bits per heavy atom. The molecule has 1 aromatic heterocycles. The third-order valence-electron chi connectivity index (χ3n) is 2.03. The molecule has 2 aromatic rings. The van der Waals surface area contributed by atoms with E-state index >= 15 is 0 Å². The maximum absolute atomic E-state index is 12.6. The van der Waals surface area contributed by atoms with E-state index in [4.69, 9.17) is 0 Å². The van der Waals surface area contributed by atoms with E-state index in [0.717, 1.165) is 5.56 Å². The van der Waals surface area contributed by atoms with Crippen LogP contribution >= 0.6 is 11.3 Å². The van der Waals surface area contributed by atoms with Gasteiger partial charge in [-0.1, -0.05) is 0 Å². The number of halogens is 1. The summed E-state index contributed by atoms with van der Waals surface area (Å²) in [6.07, 6.45) is 1.55. The van der Waals surface area contributed by atoms with Gasteiger partial charge in [0.2, 0.25) is 0 Å². The number of hydrogen-bond donors (Lipinski definition) is 1. The first-order valence-electron chi connectivity index (χ1n) is 4.87. The van der Waals surface area contributed by atoms with Gasteiger partial charge in [-0.15, -0.1) is 0 Å². The summed E-state index contributed by atoms with van der Waals surface area (Å²) < 4.78 is 12.6. The van der Waals surface area contributed by atoms with Crippen molar-refractivity contribution in [1.29, 1.82) is 0 Å². The molecule has 1 aromatic carbocycles. The maximum Gasteiger partial charge on any atom is 0.271 e. The van der Waals surface area contributed by atoms with Gasteiger partial charge < -0.3 is 0 Å². The molecule has 5 heteroatoms. The molecular weight excluding hydrogens is 239 g/mol. The number of thiophene rings is 1. The van der Waals surface area contributed by atoms with Crippen LogP contribution in [0, 0.1) is 5.82 Å². The summed E-state index contributed by atoms with van der Waals surface area (Å²) in [6.45, 7) is 0. The molecule has 0 aliphatic heterocycles. The van der Waals surface area contributed by atoms with Crippen LogP contribution in [0.25, 0.3) is 0 Å². The average Bonchev–Trinajstić information content (AvgIpc) is 2.83. The number of nitrogens with one attached hydrogen (secondary N) is 1. The van der Waals surface area contributed by atoms with E-state index in [1.807, 2.05) is 16.8 Å². The molecule has 0 saturated heterocycles. The summed E-state index contributed by atoms with van der Waals surface area (Å²) in [4.78, 5) is 11.5. The first kappa shape index (κ1) is 11.5. The van der Waals surface area contributed by atoms with Gasteiger partial charge in [-0.05, 0) is 41.1 Å². The summed E-state index contributed by atoms with van der Waals surface area (Å²) in [5, 5.41) is 7.63. The number of benzene rings is 1. The minimum Gasteiger partial charge on any atom is -0.267 e. The smallest absolute Gasteiger partial charge is 0.267 e. The monoisotopic (exact) mass is 248 g/mol. The Hall–Kier alpha value is -2.01. The molecule has 1 N–H and O–H groups in total. The summed E-state index contributed by atoms with van der Waals surface area (Å²) in [5.74, 6) is -0.736. The lowest BCUT2D eigenvalue weighted by molar-refractivity contribution is 0.0955. The van der Waals surface area contributed by atoms with Gasteiger partial charge in [-0.2, -0.15) is 16.4 Å². The minimum atomic E-state index is -0.372. The molecule has 86 valence electrons. The Kier molecular flexibility index (Phi) is 3.62. The molecule has 0 bridgehead atoms. The highest BCUT2D eigenvalue weighted by molar-refractivity contribution is 7.08. The predicted molar refractivity (Wildman–Crippen MR) is 65.8 cm³/mol. The molecule has 0 fully saturated rings. The third kappa shape index (κ3) is 3.22. The molecule has 1 heterocycles. The number of amides is 1. The molecule has 0 spiro atoms. The SMILES string of the molecule is O=C(N/N=C/c1ccsc1)c1ccc(F)cc1. The largest absolute Gasteiger partial charge is 0.271 e. The molecule has 0 saturated carbocycles. The van der Waals surface area contributed by atoms with E-state index in [0.29, 0.717) is 5.56 Å². The van der Waals surface area contributed by atoms with Crippen LogP contribution in [0.5, 0.6) is 0 Å². The highest BCUT2D eigenvalue weighted by atomic mass is 32.1. The molecule has 0 unspecified atom stereocenters. The normalized spacial score (nSPS) is 10.6. The molecule has 0 radical (unpaired) electrons. The average molecular weight is 248 g/mol. The Balaban J connectivity index is 1.96. The van der Waals surface area contributed by atoms with E-state index < -0.39 is 0 Å². The minimum absolute atomic E-state index is 0.364. The van der Waals surface area contributed by atoms with Gasteiger partial charge in [0.25, 0.3) is 5.91 Å². The van der Waals surface area contributed by atoms with Crippen LogP contribution in [0.4, 0.5) is 4.39 Å². The second-order valence-corrected chi connectivity index (χ2v) is 4.04. The van der Waals surface area contributed by atoms with Crippen molar-refractivity contribution in [2.45, 2.75) is 0 Å². The summed E-state index contributed by atoms with van der Waals surface area (Å²) in [7, 11) is 0. The Morgan fingerprint density at radius 2 is 2.06 bits per heavy atom. The van der Waals surface area contributed by atoms with Crippen LogP contribution in [-0.2, 0) is 0 Å². The zero-order valence-corrected chi connectivity index (χ0v) is 9.58. The topological polar surface area (TPSA) is 41.5 Å².